The number of hydrogen-bond donors (Lipinski definition) is 3. The Bertz CT molecular complexity index is 2080. The lowest BCUT2D eigenvalue weighted by molar-refractivity contribution is -0.141. The van der Waals surface area contributed by atoms with Gasteiger partial charge in [-0.2, -0.15) is 9.90 Å². The molecule has 0 spiro atoms. The van der Waals surface area contributed by atoms with Crippen LogP contribution >= 0.6 is 11.3 Å². The number of aromatic nitrogens is 4. The van der Waals surface area contributed by atoms with Gasteiger partial charge in [0.25, 0.3) is 5.91 Å². The van der Waals surface area contributed by atoms with E-state index in [0.717, 1.165) is 31.2 Å². The van der Waals surface area contributed by atoms with Crippen molar-refractivity contribution < 1.29 is 37.1 Å². The SMILES string of the molecule is COc1ccc(-c2nn([C@@H]3C[C@H]4C(=O)N[C@]5(C(=O)NS(=O)(=O)C6CC6)C[C@H]5/C=C/CCCCC[C@@H](NC(=O)OC5CC5)C(=O)N4C3)nc2-c2nccs2)cc1. The third kappa shape index (κ3) is 7.97. The zero-order chi connectivity index (χ0) is 38.3. The first-order valence-electron chi connectivity index (χ1n) is 18.9. The van der Waals surface area contributed by atoms with Crippen molar-refractivity contribution in [3.8, 4) is 27.7 Å². The molecular weight excluding hydrogens is 749 g/mol. The Balaban J connectivity index is 1.13. The van der Waals surface area contributed by atoms with Crippen LogP contribution in [0.5, 0.6) is 5.75 Å². The highest BCUT2D eigenvalue weighted by atomic mass is 32.2. The summed E-state index contributed by atoms with van der Waals surface area (Å²) in [6.07, 6.45) is 10.7. The molecule has 55 heavy (non-hydrogen) atoms. The average Bonchev–Trinajstić information content (AvgIpc) is 4.13. The molecule has 5 aliphatic rings. The number of rotatable bonds is 9. The summed E-state index contributed by atoms with van der Waals surface area (Å²) in [5.41, 5.74) is 0.347. The first kappa shape index (κ1) is 37.1. The summed E-state index contributed by atoms with van der Waals surface area (Å²) in [5.74, 6) is -1.61. The molecule has 1 saturated heterocycles. The normalized spacial score (nSPS) is 27.8. The smallest absolute Gasteiger partial charge is 0.408 e. The molecule has 3 saturated carbocycles. The predicted molar refractivity (Wildman–Crippen MR) is 200 cm³/mol. The van der Waals surface area contributed by atoms with Gasteiger partial charge < -0.3 is 25.0 Å². The van der Waals surface area contributed by atoms with Crippen molar-refractivity contribution in [1.29, 1.82) is 0 Å². The van der Waals surface area contributed by atoms with E-state index in [-0.39, 0.29) is 25.5 Å². The van der Waals surface area contributed by atoms with Gasteiger partial charge in [-0.1, -0.05) is 25.0 Å². The molecule has 0 radical (unpaired) electrons. The highest BCUT2D eigenvalue weighted by Gasteiger charge is 2.62. The second-order valence-electron chi connectivity index (χ2n) is 15.0. The Hall–Kier alpha value is -4.84. The molecule has 3 aliphatic carbocycles. The molecule has 1 aromatic carbocycles. The summed E-state index contributed by atoms with van der Waals surface area (Å²) in [7, 11) is -2.31. The molecule has 2 aromatic heterocycles. The molecule has 18 heteroatoms. The van der Waals surface area contributed by atoms with Crippen LogP contribution in [0.25, 0.3) is 22.0 Å². The number of nitrogens with zero attached hydrogens (tertiary/aromatic N) is 5. The summed E-state index contributed by atoms with van der Waals surface area (Å²) in [6, 6.07) is 4.72. The molecule has 5 atom stereocenters. The summed E-state index contributed by atoms with van der Waals surface area (Å²) in [5, 5.41) is 17.3. The number of fused-ring (bicyclic) bond motifs is 2. The van der Waals surface area contributed by atoms with Gasteiger partial charge in [-0.15, -0.1) is 16.4 Å². The van der Waals surface area contributed by atoms with E-state index in [9.17, 15) is 27.6 Å². The minimum atomic E-state index is -3.89. The monoisotopic (exact) mass is 792 g/mol. The van der Waals surface area contributed by atoms with Crippen molar-refractivity contribution in [2.45, 2.75) is 106 Å². The summed E-state index contributed by atoms with van der Waals surface area (Å²) >= 11 is 1.40. The van der Waals surface area contributed by atoms with Gasteiger partial charge in [-0.25, -0.2) is 18.2 Å². The zero-order valence-corrected chi connectivity index (χ0v) is 32.0. The molecule has 2 aliphatic heterocycles. The van der Waals surface area contributed by atoms with E-state index in [0.29, 0.717) is 54.2 Å². The maximum atomic E-state index is 14.6. The van der Waals surface area contributed by atoms with Crippen molar-refractivity contribution in [3.05, 3.63) is 48.0 Å². The Morgan fingerprint density at radius 2 is 1.80 bits per heavy atom. The fourth-order valence-corrected chi connectivity index (χ4v) is 9.36. The number of nitrogens with one attached hydrogen (secondary N) is 3. The van der Waals surface area contributed by atoms with Crippen molar-refractivity contribution in [2.24, 2.45) is 5.92 Å². The second-order valence-corrected chi connectivity index (χ2v) is 17.8. The maximum absolute atomic E-state index is 14.6. The number of alkyl carbamates (subject to hydrolysis) is 1. The van der Waals surface area contributed by atoms with E-state index < -0.39 is 68.7 Å². The number of benzene rings is 1. The molecule has 3 aromatic rings. The Kier molecular flexibility index (Phi) is 10.1. The Morgan fingerprint density at radius 3 is 2.51 bits per heavy atom. The van der Waals surface area contributed by atoms with Gasteiger partial charge in [0.1, 0.15) is 45.9 Å². The number of amides is 4. The van der Waals surface area contributed by atoms with Gasteiger partial charge in [-0.05, 0) is 75.6 Å². The number of carbonyl (C=O) groups is 4. The molecule has 4 heterocycles. The number of hydrogen-bond acceptors (Lipinski definition) is 12. The number of ether oxygens (including phenoxy) is 2. The fraction of sp³-hybridized carbons (Fsp3) is 0.541. The molecule has 8 rings (SSSR count). The number of thiazole rings is 1. The van der Waals surface area contributed by atoms with Crippen LogP contribution in [0.15, 0.2) is 48.0 Å². The highest BCUT2D eigenvalue weighted by molar-refractivity contribution is 7.91. The van der Waals surface area contributed by atoms with Crippen molar-refractivity contribution in [2.75, 3.05) is 13.7 Å². The van der Waals surface area contributed by atoms with Crippen LogP contribution in [0.2, 0.25) is 0 Å². The van der Waals surface area contributed by atoms with Crippen molar-refractivity contribution >= 4 is 45.2 Å². The summed E-state index contributed by atoms with van der Waals surface area (Å²) in [4.78, 5) is 63.2. The minimum absolute atomic E-state index is 0.0272. The van der Waals surface area contributed by atoms with E-state index in [1.165, 1.54) is 21.0 Å². The topological polar surface area (TPSA) is 204 Å². The van der Waals surface area contributed by atoms with Gasteiger partial charge in [0.15, 0.2) is 0 Å². The average molecular weight is 793 g/mol. The number of carbonyl (C=O) groups excluding carboxylic acids is 4. The summed E-state index contributed by atoms with van der Waals surface area (Å²) < 4.78 is 38.8. The lowest BCUT2D eigenvalue weighted by atomic mass is 10.0. The van der Waals surface area contributed by atoms with E-state index in [2.05, 4.69) is 20.3 Å². The molecule has 3 N–H and O–H groups in total. The number of methoxy groups -OCH3 is 1. The standard InChI is InChI=1S/C37H44N8O8S2/c1-52-25-11-9-22(10-12-25)30-31(33-38-17-18-54-33)42-45(41-30)24-19-29-32(46)40-37(35(48)43-55(50,51)27-15-16-27)20-23(37)7-5-3-2-4-6-8-28(34(47)44(29)21-24)39-36(49)53-26-13-14-26/h5,7,9-12,17-18,23-24,26-29H,2-4,6,8,13-16,19-21H2,1H3,(H,39,49)(H,40,46)(H,43,48)/b7-5+/t23-,24-,28-,29+,37-/m1/s1. The second kappa shape index (κ2) is 15.0. The van der Waals surface area contributed by atoms with Gasteiger partial charge >= 0.3 is 6.09 Å². The van der Waals surface area contributed by atoms with E-state index in [1.807, 2.05) is 41.8 Å². The van der Waals surface area contributed by atoms with Crippen LogP contribution in [-0.2, 0) is 29.1 Å². The largest absolute Gasteiger partial charge is 0.497 e. The van der Waals surface area contributed by atoms with Gasteiger partial charge in [-0.3, -0.25) is 19.1 Å². The lowest BCUT2D eigenvalue weighted by Gasteiger charge is -2.29. The van der Waals surface area contributed by atoms with E-state index in [4.69, 9.17) is 19.7 Å². The van der Waals surface area contributed by atoms with Crippen LogP contribution in [0.1, 0.15) is 76.7 Å². The van der Waals surface area contributed by atoms with Gasteiger partial charge in [0.2, 0.25) is 21.8 Å². The molecule has 4 fully saturated rings. The minimum Gasteiger partial charge on any atom is -0.497 e. The van der Waals surface area contributed by atoms with Crippen LogP contribution in [0, 0.1) is 5.92 Å². The molecule has 292 valence electrons. The highest BCUT2D eigenvalue weighted by Crippen LogP contribution is 2.46. The fourth-order valence-electron chi connectivity index (χ4n) is 7.37. The molecule has 0 unspecified atom stereocenters. The molecule has 16 nitrogen and oxygen atoms in total. The first-order chi connectivity index (χ1) is 26.5. The van der Waals surface area contributed by atoms with Crippen LogP contribution < -0.4 is 20.1 Å². The van der Waals surface area contributed by atoms with E-state index >= 15 is 0 Å². The van der Waals surface area contributed by atoms with Crippen molar-refractivity contribution in [3.63, 3.8) is 0 Å². The zero-order valence-electron chi connectivity index (χ0n) is 30.4. The number of allylic oxidation sites excluding steroid dienone is 1. The van der Waals surface area contributed by atoms with Crippen LogP contribution in [-0.4, -0.2) is 99.7 Å². The van der Waals surface area contributed by atoms with Gasteiger partial charge in [0, 0.05) is 36.0 Å². The summed E-state index contributed by atoms with van der Waals surface area (Å²) in [6.45, 7) is 0.0272. The maximum Gasteiger partial charge on any atom is 0.408 e. The van der Waals surface area contributed by atoms with E-state index in [1.54, 1.807) is 13.3 Å². The third-order valence-corrected chi connectivity index (χ3v) is 13.5. The quantitative estimate of drug-likeness (QED) is 0.268. The first-order valence-corrected chi connectivity index (χ1v) is 21.3. The number of sulfonamides is 1. The predicted octanol–water partition coefficient (Wildman–Crippen LogP) is 3.48. The van der Waals surface area contributed by atoms with Crippen molar-refractivity contribution in [1.82, 2.24) is 40.2 Å². The Morgan fingerprint density at radius 1 is 1.02 bits per heavy atom. The van der Waals surface area contributed by atoms with Crippen LogP contribution in [0.3, 0.4) is 0 Å². The molecular formula is C37H44N8O8S2. The lowest BCUT2D eigenvalue weighted by Crippen LogP contribution is -2.58. The molecule has 0 bridgehead atoms. The third-order valence-electron chi connectivity index (χ3n) is 10.9. The van der Waals surface area contributed by atoms with Crippen LogP contribution in [0.4, 0.5) is 4.79 Å². The Labute approximate surface area is 322 Å². The van der Waals surface area contributed by atoms with Gasteiger partial charge in [0.05, 0.1) is 18.4 Å². The molecule has 4 amide bonds.